The van der Waals surface area contributed by atoms with Crippen molar-refractivity contribution < 1.29 is 19.5 Å². The van der Waals surface area contributed by atoms with Crippen LogP contribution in [-0.4, -0.2) is 27.8 Å². The SMILES string of the molecule is O=C(Nc1ncccc1O)c1cccc(N2NC(=O)[C@H]3CC=CC[C@H]3C2=O)c1. The molecule has 2 heterocycles. The fourth-order valence-corrected chi connectivity index (χ4v) is 3.44. The van der Waals surface area contributed by atoms with E-state index in [1.165, 1.54) is 23.3 Å². The summed E-state index contributed by atoms with van der Waals surface area (Å²) < 4.78 is 0. The van der Waals surface area contributed by atoms with Crippen molar-refractivity contribution in [3.05, 3.63) is 60.3 Å². The number of pyridine rings is 1. The van der Waals surface area contributed by atoms with E-state index in [0.29, 0.717) is 18.5 Å². The number of benzene rings is 1. The maximum atomic E-state index is 12.9. The first kappa shape index (κ1) is 17.7. The zero-order chi connectivity index (χ0) is 19.7. The molecule has 142 valence electrons. The van der Waals surface area contributed by atoms with Gasteiger partial charge < -0.3 is 10.4 Å². The second-order valence-electron chi connectivity index (χ2n) is 6.68. The normalized spacial score (nSPS) is 21.1. The Bertz CT molecular complexity index is 988. The minimum Gasteiger partial charge on any atom is -0.504 e. The summed E-state index contributed by atoms with van der Waals surface area (Å²) >= 11 is 0. The van der Waals surface area contributed by atoms with E-state index in [0.717, 1.165) is 0 Å². The Kier molecular flexibility index (Phi) is 4.52. The predicted molar refractivity (Wildman–Crippen MR) is 101 cm³/mol. The summed E-state index contributed by atoms with van der Waals surface area (Å²) in [5.41, 5.74) is 3.29. The Morgan fingerprint density at radius 3 is 2.71 bits per heavy atom. The van der Waals surface area contributed by atoms with Gasteiger partial charge in [0.25, 0.3) is 5.91 Å². The lowest BCUT2D eigenvalue weighted by Gasteiger charge is -2.38. The molecule has 0 radical (unpaired) electrons. The Morgan fingerprint density at radius 1 is 1.14 bits per heavy atom. The van der Waals surface area contributed by atoms with Crippen molar-refractivity contribution in [2.75, 3.05) is 10.3 Å². The van der Waals surface area contributed by atoms with E-state index in [4.69, 9.17) is 0 Å². The molecule has 8 heteroatoms. The third-order valence-electron chi connectivity index (χ3n) is 4.91. The van der Waals surface area contributed by atoms with Crippen molar-refractivity contribution in [1.29, 1.82) is 0 Å². The molecule has 4 rings (SSSR count). The number of rotatable bonds is 3. The lowest BCUT2D eigenvalue weighted by Crippen LogP contribution is -2.59. The number of aromatic hydroxyl groups is 1. The minimum atomic E-state index is -0.495. The average Bonchev–Trinajstić information content (AvgIpc) is 2.72. The Hall–Kier alpha value is -3.68. The molecule has 0 bridgehead atoms. The molecule has 28 heavy (non-hydrogen) atoms. The van der Waals surface area contributed by atoms with Crippen LogP contribution in [0, 0.1) is 11.8 Å². The van der Waals surface area contributed by atoms with Crippen molar-refractivity contribution >= 4 is 29.2 Å². The summed E-state index contributed by atoms with van der Waals surface area (Å²) in [6.45, 7) is 0. The van der Waals surface area contributed by atoms with Crippen LogP contribution >= 0.6 is 0 Å². The summed E-state index contributed by atoms with van der Waals surface area (Å²) in [7, 11) is 0. The van der Waals surface area contributed by atoms with E-state index in [-0.39, 0.29) is 34.9 Å². The summed E-state index contributed by atoms with van der Waals surface area (Å²) in [5, 5.41) is 13.5. The van der Waals surface area contributed by atoms with E-state index in [1.807, 2.05) is 12.2 Å². The highest BCUT2D eigenvalue weighted by molar-refractivity contribution is 6.07. The number of anilines is 2. The summed E-state index contributed by atoms with van der Waals surface area (Å²) in [5.74, 6) is -1.77. The van der Waals surface area contributed by atoms with E-state index in [2.05, 4.69) is 15.7 Å². The first-order chi connectivity index (χ1) is 13.5. The van der Waals surface area contributed by atoms with Crippen LogP contribution in [0.25, 0.3) is 0 Å². The maximum absolute atomic E-state index is 12.9. The van der Waals surface area contributed by atoms with E-state index in [9.17, 15) is 19.5 Å². The van der Waals surface area contributed by atoms with Gasteiger partial charge in [-0.3, -0.25) is 19.8 Å². The number of carbonyl (C=O) groups is 3. The Labute approximate surface area is 160 Å². The molecule has 1 fully saturated rings. The zero-order valence-electron chi connectivity index (χ0n) is 14.8. The topological polar surface area (TPSA) is 112 Å². The van der Waals surface area contributed by atoms with Gasteiger partial charge in [-0.15, -0.1) is 0 Å². The largest absolute Gasteiger partial charge is 0.504 e. The van der Waals surface area contributed by atoms with Crippen LogP contribution in [0.1, 0.15) is 23.2 Å². The van der Waals surface area contributed by atoms with Crippen molar-refractivity contribution in [2.45, 2.75) is 12.8 Å². The standard InChI is InChI=1S/C20H18N4O4/c25-16-9-4-10-21-17(16)22-18(26)12-5-3-6-13(11-12)24-20(28)15-8-2-1-7-14(15)19(27)23-24/h1-6,9-11,14-15,25H,7-8H2,(H,23,27)(H,21,22,26)/t14-,15+/m0/s1. The van der Waals surface area contributed by atoms with Crippen LogP contribution in [0.15, 0.2) is 54.7 Å². The fraction of sp³-hybridized carbons (Fsp3) is 0.200. The van der Waals surface area contributed by atoms with Crippen LogP contribution in [0.5, 0.6) is 5.75 Å². The molecule has 0 saturated carbocycles. The van der Waals surface area contributed by atoms with Gasteiger partial charge >= 0.3 is 0 Å². The molecule has 3 amide bonds. The number of hydrazine groups is 1. The third kappa shape index (κ3) is 3.20. The van der Waals surface area contributed by atoms with Crippen LogP contribution in [0.3, 0.4) is 0 Å². The van der Waals surface area contributed by atoms with Gasteiger partial charge in [-0.1, -0.05) is 18.2 Å². The molecule has 2 aromatic rings. The monoisotopic (exact) mass is 378 g/mol. The average molecular weight is 378 g/mol. The number of nitrogens with one attached hydrogen (secondary N) is 2. The highest BCUT2D eigenvalue weighted by Gasteiger charge is 2.42. The second-order valence-corrected chi connectivity index (χ2v) is 6.68. The van der Waals surface area contributed by atoms with Gasteiger partial charge in [0.2, 0.25) is 11.8 Å². The van der Waals surface area contributed by atoms with Gasteiger partial charge in [-0.2, -0.15) is 0 Å². The molecule has 0 spiro atoms. The number of carbonyl (C=O) groups excluding carboxylic acids is 3. The van der Waals surface area contributed by atoms with E-state index < -0.39 is 11.8 Å². The highest BCUT2D eigenvalue weighted by Crippen LogP contribution is 2.32. The number of allylic oxidation sites excluding steroid dienone is 2. The molecule has 2 aliphatic rings. The smallest absolute Gasteiger partial charge is 0.256 e. The molecular formula is C20H18N4O4. The summed E-state index contributed by atoms with van der Waals surface area (Å²) in [6.07, 6.45) is 6.35. The van der Waals surface area contributed by atoms with Gasteiger partial charge in [0.05, 0.1) is 17.5 Å². The van der Waals surface area contributed by atoms with Crippen LogP contribution in [0.2, 0.25) is 0 Å². The van der Waals surface area contributed by atoms with Gasteiger partial charge in [0.15, 0.2) is 11.6 Å². The maximum Gasteiger partial charge on any atom is 0.256 e. The number of fused-ring (bicyclic) bond motifs is 1. The van der Waals surface area contributed by atoms with Gasteiger partial charge in [0.1, 0.15) is 0 Å². The lowest BCUT2D eigenvalue weighted by atomic mass is 9.80. The van der Waals surface area contributed by atoms with Crippen molar-refractivity contribution in [3.63, 3.8) is 0 Å². The summed E-state index contributed by atoms with van der Waals surface area (Å²) in [6, 6.07) is 9.30. The van der Waals surface area contributed by atoms with Crippen LogP contribution in [-0.2, 0) is 9.59 Å². The lowest BCUT2D eigenvalue weighted by molar-refractivity contribution is -0.139. The molecular weight excluding hydrogens is 360 g/mol. The van der Waals surface area contributed by atoms with Crippen molar-refractivity contribution in [3.8, 4) is 5.75 Å². The minimum absolute atomic E-state index is 0.0390. The fourth-order valence-electron chi connectivity index (χ4n) is 3.44. The first-order valence-electron chi connectivity index (χ1n) is 8.89. The molecule has 0 unspecified atom stereocenters. The quantitative estimate of drug-likeness (QED) is 0.708. The molecule has 1 aromatic carbocycles. The number of aromatic nitrogens is 1. The zero-order valence-corrected chi connectivity index (χ0v) is 14.8. The van der Waals surface area contributed by atoms with Crippen molar-refractivity contribution in [1.82, 2.24) is 10.4 Å². The van der Waals surface area contributed by atoms with Crippen LogP contribution in [0.4, 0.5) is 11.5 Å². The molecule has 1 saturated heterocycles. The van der Waals surface area contributed by atoms with E-state index in [1.54, 1.807) is 24.3 Å². The second kappa shape index (κ2) is 7.15. The molecule has 1 aromatic heterocycles. The molecule has 2 atom stereocenters. The first-order valence-corrected chi connectivity index (χ1v) is 8.89. The molecule has 8 nitrogen and oxygen atoms in total. The van der Waals surface area contributed by atoms with Crippen LogP contribution < -0.4 is 15.8 Å². The summed E-state index contributed by atoms with van der Waals surface area (Å²) in [4.78, 5) is 41.7. The molecule has 3 N–H and O–H groups in total. The van der Waals surface area contributed by atoms with Gasteiger partial charge in [-0.25, -0.2) is 9.99 Å². The van der Waals surface area contributed by atoms with Gasteiger partial charge in [-0.05, 0) is 43.2 Å². The van der Waals surface area contributed by atoms with E-state index >= 15 is 0 Å². The van der Waals surface area contributed by atoms with Crippen molar-refractivity contribution in [2.24, 2.45) is 11.8 Å². The number of hydrogen-bond donors (Lipinski definition) is 3. The predicted octanol–water partition coefficient (Wildman–Crippen LogP) is 2.00. The Balaban J connectivity index is 1.57. The highest BCUT2D eigenvalue weighted by atomic mass is 16.3. The van der Waals surface area contributed by atoms with Gasteiger partial charge in [0, 0.05) is 11.8 Å². The third-order valence-corrected chi connectivity index (χ3v) is 4.91. The molecule has 1 aliphatic heterocycles. The number of amides is 3. The Morgan fingerprint density at radius 2 is 1.93 bits per heavy atom. The molecule has 1 aliphatic carbocycles. The number of hydrogen-bond acceptors (Lipinski definition) is 5. The number of nitrogens with zero attached hydrogens (tertiary/aromatic N) is 2.